The molecule has 1 aromatic rings. The van der Waals surface area contributed by atoms with Crippen LogP contribution in [0.5, 0.6) is 0 Å². The summed E-state index contributed by atoms with van der Waals surface area (Å²) in [6.45, 7) is 2.52. The molecule has 0 spiro atoms. The van der Waals surface area contributed by atoms with E-state index >= 15 is 0 Å². The Hall–Kier alpha value is 0.0500. The summed E-state index contributed by atoms with van der Waals surface area (Å²) < 4.78 is 27.8. The number of sulfonamides is 1. The lowest BCUT2D eigenvalue weighted by atomic mass is 10.1. The van der Waals surface area contributed by atoms with Crippen LogP contribution < -0.4 is 0 Å². The van der Waals surface area contributed by atoms with Crippen molar-refractivity contribution in [2.45, 2.75) is 30.8 Å². The van der Waals surface area contributed by atoms with Gasteiger partial charge < -0.3 is 5.11 Å². The SMILES string of the molecule is Cc1cc(Br)c(S(=O)(=O)N2CCC[C@H](O)C2)cc1Br. The van der Waals surface area contributed by atoms with Crippen molar-refractivity contribution >= 4 is 41.9 Å². The van der Waals surface area contributed by atoms with E-state index in [0.29, 0.717) is 23.9 Å². The molecule has 1 aliphatic rings. The molecule has 0 saturated carbocycles. The van der Waals surface area contributed by atoms with Crippen LogP contribution in [-0.4, -0.2) is 37.0 Å². The van der Waals surface area contributed by atoms with E-state index in [0.717, 1.165) is 10.0 Å². The van der Waals surface area contributed by atoms with E-state index in [4.69, 9.17) is 0 Å². The Labute approximate surface area is 130 Å². The van der Waals surface area contributed by atoms with Crippen LogP contribution in [0.4, 0.5) is 0 Å². The normalized spacial score (nSPS) is 21.6. The molecule has 0 radical (unpaired) electrons. The zero-order valence-electron chi connectivity index (χ0n) is 10.4. The van der Waals surface area contributed by atoms with Crippen molar-refractivity contribution in [1.82, 2.24) is 4.31 Å². The molecule has 7 heteroatoms. The summed E-state index contributed by atoms with van der Waals surface area (Å²) in [6.07, 6.45) is 0.770. The first-order valence-corrected chi connectivity index (χ1v) is 8.99. The van der Waals surface area contributed by atoms with Gasteiger partial charge in [0.1, 0.15) is 0 Å². The molecule has 0 amide bonds. The number of aryl methyl sites for hydroxylation is 1. The van der Waals surface area contributed by atoms with E-state index in [9.17, 15) is 13.5 Å². The maximum atomic E-state index is 12.6. The van der Waals surface area contributed by atoms with Crippen LogP contribution in [0.15, 0.2) is 26.0 Å². The van der Waals surface area contributed by atoms with Crippen molar-refractivity contribution in [2.75, 3.05) is 13.1 Å². The third-order valence-electron chi connectivity index (χ3n) is 3.19. The Morgan fingerprint density at radius 1 is 1.32 bits per heavy atom. The van der Waals surface area contributed by atoms with E-state index in [2.05, 4.69) is 31.9 Å². The predicted octanol–water partition coefficient (Wildman–Crippen LogP) is 2.67. The Bertz CT molecular complexity index is 589. The van der Waals surface area contributed by atoms with Gasteiger partial charge in [-0.2, -0.15) is 4.31 Å². The van der Waals surface area contributed by atoms with Gasteiger partial charge in [0, 0.05) is 22.0 Å². The topological polar surface area (TPSA) is 57.6 Å². The minimum atomic E-state index is -3.57. The van der Waals surface area contributed by atoms with Crippen LogP contribution in [0.25, 0.3) is 0 Å². The van der Waals surface area contributed by atoms with Crippen molar-refractivity contribution in [3.63, 3.8) is 0 Å². The third kappa shape index (κ3) is 3.21. The molecule has 4 nitrogen and oxygen atoms in total. The van der Waals surface area contributed by atoms with E-state index in [1.165, 1.54) is 4.31 Å². The van der Waals surface area contributed by atoms with E-state index in [1.807, 2.05) is 6.92 Å². The van der Waals surface area contributed by atoms with E-state index < -0.39 is 16.1 Å². The minimum absolute atomic E-state index is 0.167. The number of piperidine rings is 1. The van der Waals surface area contributed by atoms with Crippen LogP contribution in [0.1, 0.15) is 18.4 Å². The molecule has 106 valence electrons. The second kappa shape index (κ2) is 5.81. The van der Waals surface area contributed by atoms with Crippen LogP contribution in [0, 0.1) is 6.92 Å². The summed E-state index contributed by atoms with van der Waals surface area (Å²) in [5, 5.41) is 9.63. The fourth-order valence-electron chi connectivity index (χ4n) is 2.10. The molecule has 0 bridgehead atoms. The molecule has 1 N–H and O–H groups in total. The Kier molecular flexibility index (Phi) is 4.72. The molecule has 2 rings (SSSR count). The average Bonchev–Trinajstić information content (AvgIpc) is 2.33. The molecule has 0 aliphatic carbocycles. The van der Waals surface area contributed by atoms with Crippen LogP contribution in [0.3, 0.4) is 0 Å². The highest BCUT2D eigenvalue weighted by Gasteiger charge is 2.31. The van der Waals surface area contributed by atoms with Gasteiger partial charge >= 0.3 is 0 Å². The number of nitrogens with zero attached hydrogens (tertiary/aromatic N) is 1. The van der Waals surface area contributed by atoms with Crippen molar-refractivity contribution in [2.24, 2.45) is 0 Å². The van der Waals surface area contributed by atoms with Gasteiger partial charge in [-0.05, 0) is 53.4 Å². The van der Waals surface area contributed by atoms with Gasteiger partial charge in [0.15, 0.2) is 0 Å². The smallest absolute Gasteiger partial charge is 0.244 e. The molecule has 1 aliphatic heterocycles. The molecular weight excluding hydrogens is 398 g/mol. The summed E-state index contributed by atoms with van der Waals surface area (Å²) >= 11 is 6.67. The molecule has 1 saturated heterocycles. The summed E-state index contributed by atoms with van der Waals surface area (Å²) in [5.74, 6) is 0. The first kappa shape index (κ1) is 15.4. The predicted molar refractivity (Wildman–Crippen MR) is 80.6 cm³/mol. The Morgan fingerprint density at radius 2 is 2.00 bits per heavy atom. The second-order valence-corrected chi connectivity index (χ2v) is 8.31. The number of halogens is 2. The van der Waals surface area contributed by atoms with E-state index in [-0.39, 0.29) is 11.4 Å². The highest BCUT2D eigenvalue weighted by molar-refractivity contribution is 9.11. The first-order chi connectivity index (χ1) is 8.82. The van der Waals surface area contributed by atoms with Crippen molar-refractivity contribution < 1.29 is 13.5 Å². The quantitative estimate of drug-likeness (QED) is 0.812. The first-order valence-electron chi connectivity index (χ1n) is 5.96. The van der Waals surface area contributed by atoms with Gasteiger partial charge in [-0.1, -0.05) is 15.9 Å². The third-order valence-corrected chi connectivity index (χ3v) is 6.87. The molecule has 0 aromatic heterocycles. The fraction of sp³-hybridized carbons (Fsp3) is 0.500. The fourth-order valence-corrected chi connectivity index (χ4v) is 5.26. The number of aliphatic hydroxyl groups excluding tert-OH is 1. The van der Waals surface area contributed by atoms with Crippen molar-refractivity contribution in [1.29, 1.82) is 0 Å². The maximum Gasteiger partial charge on any atom is 0.244 e. The number of hydrogen-bond acceptors (Lipinski definition) is 3. The van der Waals surface area contributed by atoms with Gasteiger partial charge in [0.2, 0.25) is 10.0 Å². The number of hydrogen-bond donors (Lipinski definition) is 1. The highest BCUT2D eigenvalue weighted by Crippen LogP contribution is 2.31. The molecular formula is C12H15Br2NO3S. The molecule has 19 heavy (non-hydrogen) atoms. The number of benzene rings is 1. The maximum absolute atomic E-state index is 12.6. The highest BCUT2D eigenvalue weighted by atomic mass is 79.9. The number of β-amino-alcohol motifs (C(OH)–C–C–N with tert-alkyl or cyclic N) is 1. The molecule has 0 unspecified atom stereocenters. The van der Waals surface area contributed by atoms with Gasteiger partial charge in [0.05, 0.1) is 11.0 Å². The summed E-state index contributed by atoms with van der Waals surface area (Å²) in [4.78, 5) is 0.235. The lowest BCUT2D eigenvalue weighted by Gasteiger charge is -2.29. The van der Waals surface area contributed by atoms with Gasteiger partial charge in [0.25, 0.3) is 0 Å². The minimum Gasteiger partial charge on any atom is -0.392 e. The lowest BCUT2D eigenvalue weighted by Crippen LogP contribution is -2.42. The van der Waals surface area contributed by atoms with Crippen molar-refractivity contribution in [3.05, 3.63) is 26.6 Å². The van der Waals surface area contributed by atoms with Gasteiger partial charge in [-0.15, -0.1) is 0 Å². The average molecular weight is 413 g/mol. The van der Waals surface area contributed by atoms with E-state index in [1.54, 1.807) is 12.1 Å². The number of rotatable bonds is 2. The summed E-state index contributed by atoms with van der Waals surface area (Å²) in [5.41, 5.74) is 0.963. The van der Waals surface area contributed by atoms with Gasteiger partial charge in [-0.3, -0.25) is 0 Å². The molecule has 1 heterocycles. The Balaban J connectivity index is 2.42. The zero-order valence-corrected chi connectivity index (χ0v) is 14.4. The second-order valence-electron chi connectivity index (χ2n) is 4.69. The number of aliphatic hydroxyl groups is 1. The Morgan fingerprint density at radius 3 is 2.63 bits per heavy atom. The zero-order chi connectivity index (χ0) is 14.2. The van der Waals surface area contributed by atoms with Crippen LogP contribution in [-0.2, 0) is 10.0 Å². The summed E-state index contributed by atoms with van der Waals surface area (Å²) in [6, 6.07) is 3.38. The van der Waals surface area contributed by atoms with Gasteiger partial charge in [-0.25, -0.2) is 8.42 Å². The lowest BCUT2D eigenvalue weighted by molar-refractivity contribution is 0.108. The van der Waals surface area contributed by atoms with Crippen molar-refractivity contribution in [3.8, 4) is 0 Å². The standard InChI is InChI=1S/C12H15Br2NO3S/c1-8-5-11(14)12(6-10(8)13)19(17,18)15-4-2-3-9(16)7-15/h5-6,9,16H,2-4,7H2,1H3/t9-/m0/s1. The van der Waals surface area contributed by atoms with Crippen LogP contribution in [0.2, 0.25) is 0 Å². The monoisotopic (exact) mass is 411 g/mol. The molecule has 1 aromatic carbocycles. The molecule has 1 fully saturated rings. The summed E-state index contributed by atoms with van der Waals surface area (Å²) in [7, 11) is -3.57. The molecule has 1 atom stereocenters. The largest absolute Gasteiger partial charge is 0.392 e. The van der Waals surface area contributed by atoms with Crippen LogP contribution >= 0.6 is 31.9 Å².